The molecule has 12 heavy (non-hydrogen) atoms. The molecule has 70 valence electrons. The van der Waals surface area contributed by atoms with Crippen molar-refractivity contribution in [3.05, 3.63) is 0 Å². The maximum atomic E-state index is 5.73. The lowest BCUT2D eigenvalue weighted by Gasteiger charge is -2.24. The van der Waals surface area contributed by atoms with E-state index in [-0.39, 0.29) is 0 Å². The molecule has 1 rings (SSSR count). The molecule has 0 aromatic carbocycles. The molecule has 0 saturated heterocycles. The summed E-state index contributed by atoms with van der Waals surface area (Å²) in [6.07, 6.45) is 3.77. The van der Waals surface area contributed by atoms with Crippen LogP contribution < -0.4 is 5.73 Å². The average Bonchev–Trinajstić information content (AvgIpc) is 2.43. The zero-order valence-electron chi connectivity index (χ0n) is 8.08. The number of likely N-dealkylation sites (N-methyl/N-ethyl adjacent to an activating group) is 1. The minimum atomic E-state index is 0.579. The highest BCUT2D eigenvalue weighted by Gasteiger charge is 2.23. The van der Waals surface area contributed by atoms with Crippen LogP contribution in [0.1, 0.15) is 33.1 Å². The van der Waals surface area contributed by atoms with Gasteiger partial charge in [0.25, 0.3) is 0 Å². The summed E-state index contributed by atoms with van der Waals surface area (Å²) in [5, 5.41) is 0. The van der Waals surface area contributed by atoms with Gasteiger partial charge in [-0.3, -0.25) is 4.99 Å². The number of guanidine groups is 1. The number of hydrogen-bond donors (Lipinski definition) is 1. The van der Waals surface area contributed by atoms with Crippen molar-refractivity contribution in [3.63, 3.8) is 0 Å². The van der Waals surface area contributed by atoms with Crippen LogP contribution in [-0.4, -0.2) is 30.0 Å². The van der Waals surface area contributed by atoms with E-state index in [0.29, 0.717) is 6.04 Å². The number of nitrogens with two attached hydrogens (primary N) is 1. The summed E-state index contributed by atoms with van der Waals surface area (Å²) in [4.78, 5) is 6.45. The molecule has 0 aromatic rings. The third kappa shape index (κ3) is 1.90. The van der Waals surface area contributed by atoms with Crippen molar-refractivity contribution >= 4 is 5.96 Å². The van der Waals surface area contributed by atoms with E-state index >= 15 is 0 Å². The van der Waals surface area contributed by atoms with Crippen LogP contribution in [0.15, 0.2) is 4.99 Å². The van der Waals surface area contributed by atoms with Crippen LogP contribution in [0.4, 0.5) is 0 Å². The average molecular weight is 169 g/mol. The summed E-state index contributed by atoms with van der Waals surface area (Å²) in [5.74, 6) is 0.735. The predicted octanol–water partition coefficient (Wildman–Crippen LogP) is 1.20. The molecule has 0 spiro atoms. The highest BCUT2D eigenvalue weighted by atomic mass is 15.3. The Morgan fingerprint density at radius 2 is 2.33 bits per heavy atom. The smallest absolute Gasteiger partial charge is 0.191 e. The zero-order valence-corrected chi connectivity index (χ0v) is 8.08. The van der Waals surface area contributed by atoms with Crippen LogP contribution in [-0.2, 0) is 0 Å². The molecule has 0 saturated carbocycles. The van der Waals surface area contributed by atoms with E-state index in [1.54, 1.807) is 0 Å². The van der Waals surface area contributed by atoms with Crippen LogP contribution in [0, 0.1) is 0 Å². The molecule has 0 aromatic heterocycles. The van der Waals surface area contributed by atoms with Gasteiger partial charge in [0.2, 0.25) is 0 Å². The summed E-state index contributed by atoms with van der Waals surface area (Å²) in [5.41, 5.74) is 5.73. The molecular formula is C9H19N3. The second-order valence-electron chi connectivity index (χ2n) is 3.28. The molecule has 0 fully saturated rings. The summed E-state index contributed by atoms with van der Waals surface area (Å²) in [6.45, 7) is 6.24. The van der Waals surface area contributed by atoms with Gasteiger partial charge in [-0.25, -0.2) is 0 Å². The van der Waals surface area contributed by atoms with Gasteiger partial charge in [0.1, 0.15) is 0 Å². The SMILES string of the molecule is CCCCC1CN=C(N)N1CC. The third-order valence-electron chi connectivity index (χ3n) is 2.43. The molecular weight excluding hydrogens is 150 g/mol. The Balaban J connectivity index is 2.37. The molecule has 0 radical (unpaired) electrons. The van der Waals surface area contributed by atoms with E-state index in [0.717, 1.165) is 19.0 Å². The van der Waals surface area contributed by atoms with Crippen LogP contribution in [0.3, 0.4) is 0 Å². The minimum Gasteiger partial charge on any atom is -0.370 e. The van der Waals surface area contributed by atoms with E-state index in [1.165, 1.54) is 19.3 Å². The molecule has 1 atom stereocenters. The summed E-state index contributed by atoms with van der Waals surface area (Å²) in [6, 6.07) is 0.579. The molecule has 0 bridgehead atoms. The highest BCUT2D eigenvalue weighted by Crippen LogP contribution is 2.13. The zero-order chi connectivity index (χ0) is 8.97. The number of unbranched alkanes of at least 4 members (excludes halogenated alkanes) is 1. The molecule has 1 unspecified atom stereocenters. The molecule has 0 amide bonds. The van der Waals surface area contributed by atoms with Crippen LogP contribution >= 0.6 is 0 Å². The number of nitrogens with zero attached hydrogens (tertiary/aromatic N) is 2. The number of hydrogen-bond acceptors (Lipinski definition) is 3. The first-order valence-corrected chi connectivity index (χ1v) is 4.86. The lowest BCUT2D eigenvalue weighted by atomic mass is 10.1. The Labute approximate surface area is 74.6 Å². The van der Waals surface area contributed by atoms with E-state index in [1.807, 2.05) is 0 Å². The lowest BCUT2D eigenvalue weighted by Crippen LogP contribution is -2.40. The summed E-state index contributed by atoms with van der Waals surface area (Å²) in [7, 11) is 0. The van der Waals surface area contributed by atoms with Gasteiger partial charge in [-0.05, 0) is 13.3 Å². The molecule has 1 aliphatic rings. The maximum Gasteiger partial charge on any atom is 0.191 e. The van der Waals surface area contributed by atoms with Crippen molar-refractivity contribution in [2.75, 3.05) is 13.1 Å². The van der Waals surface area contributed by atoms with E-state index < -0.39 is 0 Å². The Bertz CT molecular complexity index is 165. The van der Waals surface area contributed by atoms with Gasteiger partial charge in [-0.1, -0.05) is 19.8 Å². The quantitative estimate of drug-likeness (QED) is 0.687. The molecule has 3 nitrogen and oxygen atoms in total. The first kappa shape index (κ1) is 9.36. The van der Waals surface area contributed by atoms with Crippen LogP contribution in [0.5, 0.6) is 0 Å². The largest absolute Gasteiger partial charge is 0.370 e. The van der Waals surface area contributed by atoms with Gasteiger partial charge in [0.05, 0.1) is 12.6 Å². The fourth-order valence-corrected chi connectivity index (χ4v) is 1.68. The number of aliphatic imine (C=N–C) groups is 1. The van der Waals surface area contributed by atoms with Gasteiger partial charge < -0.3 is 10.6 Å². The van der Waals surface area contributed by atoms with Crippen molar-refractivity contribution in [3.8, 4) is 0 Å². The molecule has 2 N–H and O–H groups in total. The van der Waals surface area contributed by atoms with E-state index in [4.69, 9.17) is 5.73 Å². The second kappa shape index (κ2) is 4.33. The molecule has 1 heterocycles. The van der Waals surface area contributed by atoms with Crippen molar-refractivity contribution in [2.45, 2.75) is 39.2 Å². The molecule has 3 heteroatoms. The Kier molecular flexibility index (Phi) is 3.38. The predicted molar refractivity (Wildman–Crippen MR) is 52.2 cm³/mol. The van der Waals surface area contributed by atoms with Gasteiger partial charge in [0, 0.05) is 6.54 Å². The Hall–Kier alpha value is -0.730. The first-order chi connectivity index (χ1) is 5.79. The van der Waals surface area contributed by atoms with Gasteiger partial charge in [-0.15, -0.1) is 0 Å². The van der Waals surface area contributed by atoms with Gasteiger partial charge in [-0.2, -0.15) is 0 Å². The van der Waals surface area contributed by atoms with Crippen molar-refractivity contribution < 1.29 is 0 Å². The summed E-state index contributed by atoms with van der Waals surface area (Å²) >= 11 is 0. The maximum absolute atomic E-state index is 5.73. The van der Waals surface area contributed by atoms with Crippen LogP contribution in [0.25, 0.3) is 0 Å². The highest BCUT2D eigenvalue weighted by molar-refractivity contribution is 5.80. The van der Waals surface area contributed by atoms with Gasteiger partial charge in [0.15, 0.2) is 5.96 Å². The fourth-order valence-electron chi connectivity index (χ4n) is 1.68. The molecule has 1 aliphatic heterocycles. The fraction of sp³-hybridized carbons (Fsp3) is 0.889. The third-order valence-corrected chi connectivity index (χ3v) is 2.43. The van der Waals surface area contributed by atoms with Crippen molar-refractivity contribution in [1.29, 1.82) is 0 Å². The first-order valence-electron chi connectivity index (χ1n) is 4.86. The Morgan fingerprint density at radius 1 is 1.58 bits per heavy atom. The topological polar surface area (TPSA) is 41.6 Å². The normalized spacial score (nSPS) is 23.0. The van der Waals surface area contributed by atoms with E-state index in [9.17, 15) is 0 Å². The lowest BCUT2D eigenvalue weighted by molar-refractivity contribution is 0.331. The van der Waals surface area contributed by atoms with Crippen molar-refractivity contribution in [1.82, 2.24) is 4.90 Å². The second-order valence-corrected chi connectivity index (χ2v) is 3.28. The van der Waals surface area contributed by atoms with Crippen molar-refractivity contribution in [2.24, 2.45) is 10.7 Å². The van der Waals surface area contributed by atoms with E-state index in [2.05, 4.69) is 23.7 Å². The monoisotopic (exact) mass is 169 g/mol. The standard InChI is InChI=1S/C9H19N3/c1-3-5-6-8-7-11-9(10)12(8)4-2/h8H,3-7H2,1-2H3,(H2,10,11). The van der Waals surface area contributed by atoms with Gasteiger partial charge >= 0.3 is 0 Å². The van der Waals surface area contributed by atoms with Crippen LogP contribution in [0.2, 0.25) is 0 Å². The summed E-state index contributed by atoms with van der Waals surface area (Å²) < 4.78 is 0. The Morgan fingerprint density at radius 3 is 2.92 bits per heavy atom. The molecule has 0 aliphatic carbocycles. The number of rotatable bonds is 4. The minimum absolute atomic E-state index is 0.579.